The smallest absolute Gasteiger partial charge is 0.0734 e. The highest BCUT2D eigenvalue weighted by Gasteiger charge is 2.06. The first-order valence-corrected chi connectivity index (χ1v) is 8.16. The highest BCUT2D eigenvalue weighted by Crippen LogP contribution is 2.22. The fourth-order valence-electron chi connectivity index (χ4n) is 2.42. The van der Waals surface area contributed by atoms with E-state index in [0.717, 1.165) is 18.5 Å². The Balaban J connectivity index is 1.84. The van der Waals surface area contributed by atoms with Gasteiger partial charge in [-0.05, 0) is 49.8 Å². The molecular formula is C19H19NS. The van der Waals surface area contributed by atoms with Crippen LogP contribution in [0.25, 0.3) is 11.3 Å². The van der Waals surface area contributed by atoms with Gasteiger partial charge >= 0.3 is 0 Å². The lowest BCUT2D eigenvalue weighted by atomic mass is 10.0. The van der Waals surface area contributed by atoms with Gasteiger partial charge in [0.2, 0.25) is 0 Å². The number of aryl methyl sites for hydroxylation is 4. The van der Waals surface area contributed by atoms with Gasteiger partial charge in [0.1, 0.15) is 0 Å². The summed E-state index contributed by atoms with van der Waals surface area (Å²) in [6, 6.07) is 17.3. The Labute approximate surface area is 130 Å². The van der Waals surface area contributed by atoms with Gasteiger partial charge in [-0.1, -0.05) is 42.0 Å². The van der Waals surface area contributed by atoms with Crippen LogP contribution < -0.4 is 0 Å². The molecule has 2 heterocycles. The monoisotopic (exact) mass is 293 g/mol. The first-order valence-electron chi connectivity index (χ1n) is 7.28. The summed E-state index contributed by atoms with van der Waals surface area (Å²) in [4.78, 5) is 6.30. The summed E-state index contributed by atoms with van der Waals surface area (Å²) in [5.74, 6) is 0. The van der Waals surface area contributed by atoms with Crippen LogP contribution in [0.1, 0.15) is 21.7 Å². The Hall–Kier alpha value is -1.93. The molecule has 1 nitrogen and oxygen atoms in total. The van der Waals surface area contributed by atoms with Crippen molar-refractivity contribution in [2.75, 3.05) is 0 Å². The van der Waals surface area contributed by atoms with Gasteiger partial charge in [-0.3, -0.25) is 4.98 Å². The topological polar surface area (TPSA) is 12.9 Å². The Bertz CT molecular complexity index is 712. The van der Waals surface area contributed by atoms with Gasteiger partial charge < -0.3 is 0 Å². The third kappa shape index (κ3) is 3.40. The maximum Gasteiger partial charge on any atom is 0.0734 e. The van der Waals surface area contributed by atoms with Gasteiger partial charge in [0.15, 0.2) is 0 Å². The van der Waals surface area contributed by atoms with Crippen LogP contribution in [0.2, 0.25) is 0 Å². The standard InChI is InChI=1S/C19H19NS/c1-14-5-8-16(9-6-14)19-15(2)7-10-17(20-19)11-12-18-4-3-13-21-18/h3-10,13H,11-12H2,1-2H3. The summed E-state index contributed by atoms with van der Waals surface area (Å²) in [7, 11) is 0. The van der Waals surface area contributed by atoms with Gasteiger partial charge in [-0.25, -0.2) is 0 Å². The molecular weight excluding hydrogens is 274 g/mol. The van der Waals surface area contributed by atoms with Crippen molar-refractivity contribution in [3.05, 3.63) is 75.6 Å². The molecule has 0 aliphatic carbocycles. The number of rotatable bonds is 4. The second-order valence-electron chi connectivity index (χ2n) is 5.41. The molecule has 0 fully saturated rings. The van der Waals surface area contributed by atoms with Crippen LogP contribution in [0.4, 0.5) is 0 Å². The molecule has 0 saturated carbocycles. The van der Waals surface area contributed by atoms with Crippen LogP contribution in [0, 0.1) is 13.8 Å². The van der Waals surface area contributed by atoms with Crippen LogP contribution in [0.3, 0.4) is 0 Å². The van der Waals surface area contributed by atoms with E-state index in [2.05, 4.69) is 67.8 Å². The lowest BCUT2D eigenvalue weighted by molar-refractivity contribution is 0.928. The molecule has 106 valence electrons. The van der Waals surface area contributed by atoms with Gasteiger partial charge in [-0.2, -0.15) is 0 Å². The third-order valence-corrected chi connectivity index (χ3v) is 4.62. The van der Waals surface area contributed by atoms with Crippen molar-refractivity contribution >= 4 is 11.3 Å². The minimum Gasteiger partial charge on any atom is -0.253 e. The minimum absolute atomic E-state index is 1.000. The predicted octanol–water partition coefficient (Wildman–Crippen LogP) is 5.21. The molecule has 0 N–H and O–H groups in total. The number of thiophene rings is 1. The first-order chi connectivity index (χ1) is 10.2. The van der Waals surface area contributed by atoms with Crippen LogP contribution >= 0.6 is 11.3 Å². The average Bonchev–Trinajstić information content (AvgIpc) is 3.01. The SMILES string of the molecule is Cc1ccc(-c2nc(CCc3cccs3)ccc2C)cc1. The van der Waals surface area contributed by atoms with E-state index in [9.17, 15) is 0 Å². The van der Waals surface area contributed by atoms with Crippen LogP contribution in [-0.4, -0.2) is 4.98 Å². The van der Waals surface area contributed by atoms with Gasteiger partial charge in [0.25, 0.3) is 0 Å². The van der Waals surface area contributed by atoms with Crippen LogP contribution in [-0.2, 0) is 12.8 Å². The summed E-state index contributed by atoms with van der Waals surface area (Å²) in [6.45, 7) is 4.24. The Kier molecular flexibility index (Phi) is 4.16. The average molecular weight is 293 g/mol. The second-order valence-corrected chi connectivity index (χ2v) is 6.45. The van der Waals surface area contributed by atoms with E-state index in [1.807, 2.05) is 11.3 Å². The summed E-state index contributed by atoms with van der Waals surface area (Å²) < 4.78 is 0. The number of aromatic nitrogens is 1. The molecule has 0 radical (unpaired) electrons. The molecule has 3 aromatic rings. The number of hydrogen-bond donors (Lipinski definition) is 0. The quantitative estimate of drug-likeness (QED) is 0.643. The highest BCUT2D eigenvalue weighted by molar-refractivity contribution is 7.09. The molecule has 3 rings (SSSR count). The fraction of sp³-hybridized carbons (Fsp3) is 0.211. The normalized spacial score (nSPS) is 10.8. The molecule has 0 atom stereocenters. The number of nitrogens with zero attached hydrogens (tertiary/aromatic N) is 1. The Morgan fingerprint density at radius 2 is 1.71 bits per heavy atom. The summed E-state index contributed by atoms with van der Waals surface area (Å²) >= 11 is 1.82. The zero-order valence-electron chi connectivity index (χ0n) is 12.5. The largest absolute Gasteiger partial charge is 0.253 e. The van der Waals surface area contributed by atoms with E-state index in [1.54, 1.807) is 0 Å². The van der Waals surface area contributed by atoms with E-state index >= 15 is 0 Å². The van der Waals surface area contributed by atoms with E-state index in [-0.39, 0.29) is 0 Å². The maximum atomic E-state index is 4.88. The van der Waals surface area contributed by atoms with Crippen molar-refractivity contribution in [2.24, 2.45) is 0 Å². The summed E-state index contributed by atoms with van der Waals surface area (Å²) in [6.07, 6.45) is 2.07. The molecule has 21 heavy (non-hydrogen) atoms. The van der Waals surface area contributed by atoms with Gasteiger partial charge in [0.05, 0.1) is 5.69 Å². The van der Waals surface area contributed by atoms with Crippen molar-refractivity contribution < 1.29 is 0 Å². The maximum absolute atomic E-state index is 4.88. The van der Waals surface area contributed by atoms with Gasteiger partial charge in [-0.15, -0.1) is 11.3 Å². The van der Waals surface area contributed by atoms with Crippen molar-refractivity contribution in [1.82, 2.24) is 4.98 Å². The highest BCUT2D eigenvalue weighted by atomic mass is 32.1. The van der Waals surface area contributed by atoms with Gasteiger partial charge in [0, 0.05) is 16.1 Å². The van der Waals surface area contributed by atoms with E-state index in [1.165, 1.54) is 27.3 Å². The van der Waals surface area contributed by atoms with E-state index in [4.69, 9.17) is 4.98 Å². The molecule has 0 aliphatic rings. The minimum atomic E-state index is 1.000. The van der Waals surface area contributed by atoms with Crippen molar-refractivity contribution in [1.29, 1.82) is 0 Å². The molecule has 1 aromatic carbocycles. The van der Waals surface area contributed by atoms with Crippen LogP contribution in [0.15, 0.2) is 53.9 Å². The van der Waals surface area contributed by atoms with E-state index < -0.39 is 0 Å². The third-order valence-electron chi connectivity index (χ3n) is 3.69. The fourth-order valence-corrected chi connectivity index (χ4v) is 3.13. The molecule has 0 saturated heterocycles. The Morgan fingerprint density at radius 3 is 2.43 bits per heavy atom. The molecule has 0 spiro atoms. The summed E-state index contributed by atoms with van der Waals surface area (Å²) in [5, 5.41) is 2.13. The first kappa shape index (κ1) is 14.0. The van der Waals surface area contributed by atoms with Crippen molar-refractivity contribution in [3.63, 3.8) is 0 Å². The second kappa shape index (κ2) is 6.23. The molecule has 2 aromatic heterocycles. The summed E-state index contributed by atoms with van der Waals surface area (Å²) in [5.41, 5.74) is 6.00. The number of hydrogen-bond acceptors (Lipinski definition) is 2. The van der Waals surface area contributed by atoms with Crippen molar-refractivity contribution in [3.8, 4) is 11.3 Å². The molecule has 0 aliphatic heterocycles. The molecule has 0 unspecified atom stereocenters. The van der Waals surface area contributed by atoms with Crippen LogP contribution in [0.5, 0.6) is 0 Å². The zero-order chi connectivity index (χ0) is 14.7. The Morgan fingerprint density at radius 1 is 0.905 bits per heavy atom. The number of benzene rings is 1. The molecule has 0 bridgehead atoms. The van der Waals surface area contributed by atoms with E-state index in [0.29, 0.717) is 0 Å². The molecule has 2 heteroatoms. The van der Waals surface area contributed by atoms with Crippen molar-refractivity contribution in [2.45, 2.75) is 26.7 Å². The lowest BCUT2D eigenvalue weighted by Crippen LogP contribution is -1.97. The zero-order valence-corrected chi connectivity index (χ0v) is 13.3. The predicted molar refractivity (Wildman–Crippen MR) is 90.9 cm³/mol. The molecule has 0 amide bonds. The lowest BCUT2D eigenvalue weighted by Gasteiger charge is -2.08. The number of pyridine rings is 1.